The molecular formula is C10H18NOSSi. The number of nitrogens with zero attached hydrogens (tertiary/aromatic N) is 1. The van der Waals surface area contributed by atoms with Crippen LogP contribution in [0.1, 0.15) is 25.6 Å². The second-order valence-electron chi connectivity index (χ2n) is 4.97. The lowest BCUT2D eigenvalue weighted by molar-refractivity contribution is 0.279. The van der Waals surface area contributed by atoms with Crippen molar-refractivity contribution in [1.82, 2.24) is 4.98 Å². The monoisotopic (exact) mass is 228 g/mol. The number of aromatic nitrogens is 1. The molecule has 0 saturated carbocycles. The second kappa shape index (κ2) is 4.12. The van der Waals surface area contributed by atoms with E-state index in [1.165, 1.54) is 11.3 Å². The number of thiazole rings is 1. The molecule has 1 heterocycles. The van der Waals surface area contributed by atoms with E-state index in [2.05, 4.69) is 44.4 Å². The van der Waals surface area contributed by atoms with E-state index in [9.17, 15) is 0 Å². The first-order valence-corrected chi connectivity index (χ1v) is 8.50. The highest BCUT2D eigenvalue weighted by molar-refractivity contribution is 7.09. The van der Waals surface area contributed by atoms with Gasteiger partial charge in [-0.3, -0.25) is 0 Å². The minimum absolute atomic E-state index is 0.279. The second-order valence-corrected chi connectivity index (χ2v) is 10.7. The smallest absolute Gasteiger partial charge is 0.192 e. The number of hydrogen-bond acceptors (Lipinski definition) is 3. The molecule has 0 fully saturated rings. The Morgan fingerprint density at radius 3 is 2.57 bits per heavy atom. The fourth-order valence-electron chi connectivity index (χ4n) is 0.744. The molecule has 0 atom stereocenters. The third-order valence-corrected chi connectivity index (χ3v) is 7.98. The Hall–Kier alpha value is -0.193. The summed E-state index contributed by atoms with van der Waals surface area (Å²) < 4.78 is 6.03. The molecule has 0 unspecified atom stereocenters. The Bertz CT molecular complexity index is 277. The van der Waals surface area contributed by atoms with Crippen LogP contribution < -0.4 is 0 Å². The molecule has 0 saturated heterocycles. The zero-order valence-corrected chi connectivity index (χ0v) is 11.4. The van der Waals surface area contributed by atoms with Crippen LogP contribution in [0.5, 0.6) is 0 Å². The lowest BCUT2D eigenvalue weighted by Gasteiger charge is -2.35. The minimum atomic E-state index is -1.60. The highest BCUT2D eigenvalue weighted by Crippen LogP contribution is 2.37. The van der Waals surface area contributed by atoms with Gasteiger partial charge in [0.05, 0.1) is 6.61 Å². The molecule has 14 heavy (non-hydrogen) atoms. The van der Waals surface area contributed by atoms with Gasteiger partial charge in [0.2, 0.25) is 0 Å². The summed E-state index contributed by atoms with van der Waals surface area (Å²) in [7, 11) is -1.60. The maximum absolute atomic E-state index is 6.03. The van der Waals surface area contributed by atoms with Crippen LogP contribution in [0.25, 0.3) is 0 Å². The van der Waals surface area contributed by atoms with Crippen LogP contribution in [0.3, 0.4) is 0 Å². The fraction of sp³-hybridized carbons (Fsp3) is 0.700. The normalized spacial score (nSPS) is 13.2. The summed E-state index contributed by atoms with van der Waals surface area (Å²) in [6, 6.07) is 0. The molecular weight excluding hydrogens is 210 g/mol. The fourth-order valence-corrected chi connectivity index (χ4v) is 2.24. The molecule has 1 radical (unpaired) electrons. The van der Waals surface area contributed by atoms with Crippen molar-refractivity contribution in [3.8, 4) is 0 Å². The van der Waals surface area contributed by atoms with Gasteiger partial charge in [0.15, 0.2) is 13.8 Å². The molecule has 0 aromatic carbocycles. The Morgan fingerprint density at radius 2 is 2.14 bits per heavy atom. The van der Waals surface area contributed by atoms with Gasteiger partial charge in [-0.05, 0) is 18.1 Å². The van der Waals surface area contributed by atoms with Crippen LogP contribution in [0, 0.1) is 5.51 Å². The Kier molecular flexibility index (Phi) is 3.50. The van der Waals surface area contributed by atoms with E-state index in [1.807, 2.05) is 6.20 Å². The maximum atomic E-state index is 6.03. The SMILES string of the molecule is CC(C)(C)[Si](C)(C)OCc1cn[c]s1. The van der Waals surface area contributed by atoms with Gasteiger partial charge in [0, 0.05) is 11.1 Å². The van der Waals surface area contributed by atoms with Crippen molar-refractivity contribution < 1.29 is 4.43 Å². The molecule has 0 aliphatic heterocycles. The Balaban J connectivity index is 2.53. The highest BCUT2D eigenvalue weighted by Gasteiger charge is 2.37. The van der Waals surface area contributed by atoms with Crippen molar-refractivity contribution >= 4 is 19.7 Å². The third kappa shape index (κ3) is 2.90. The van der Waals surface area contributed by atoms with Gasteiger partial charge in [0.1, 0.15) is 0 Å². The average Bonchev–Trinajstić information content (AvgIpc) is 2.50. The first-order chi connectivity index (χ1) is 6.33. The Labute approximate surface area is 91.5 Å². The van der Waals surface area contributed by atoms with Crippen LogP contribution in [0.4, 0.5) is 0 Å². The lowest BCUT2D eigenvalue weighted by Crippen LogP contribution is -2.40. The van der Waals surface area contributed by atoms with Crippen LogP contribution >= 0.6 is 11.3 Å². The van der Waals surface area contributed by atoms with E-state index in [1.54, 1.807) is 0 Å². The van der Waals surface area contributed by atoms with Crippen LogP contribution in [0.2, 0.25) is 18.1 Å². The predicted molar refractivity (Wildman–Crippen MR) is 62.9 cm³/mol. The summed E-state index contributed by atoms with van der Waals surface area (Å²) in [5.41, 5.74) is 2.83. The molecule has 1 rings (SSSR count). The quantitative estimate of drug-likeness (QED) is 0.739. The van der Waals surface area contributed by atoms with Crippen molar-refractivity contribution in [2.24, 2.45) is 0 Å². The van der Waals surface area contributed by atoms with Crippen molar-refractivity contribution in [3.05, 3.63) is 16.6 Å². The van der Waals surface area contributed by atoms with E-state index < -0.39 is 8.32 Å². The summed E-state index contributed by atoms with van der Waals surface area (Å²) in [5.74, 6) is 0. The molecule has 0 bridgehead atoms. The average molecular weight is 228 g/mol. The van der Waals surface area contributed by atoms with Crippen molar-refractivity contribution in [3.63, 3.8) is 0 Å². The molecule has 2 nitrogen and oxygen atoms in total. The largest absolute Gasteiger partial charge is 0.412 e. The van der Waals surface area contributed by atoms with E-state index in [4.69, 9.17) is 4.43 Å². The molecule has 79 valence electrons. The van der Waals surface area contributed by atoms with E-state index in [-0.39, 0.29) is 5.04 Å². The Morgan fingerprint density at radius 1 is 1.50 bits per heavy atom. The number of rotatable bonds is 3. The first kappa shape index (κ1) is 11.9. The zero-order chi connectivity index (χ0) is 10.8. The van der Waals surface area contributed by atoms with Gasteiger partial charge < -0.3 is 4.43 Å². The van der Waals surface area contributed by atoms with Crippen molar-refractivity contribution in [2.75, 3.05) is 0 Å². The van der Waals surface area contributed by atoms with E-state index >= 15 is 0 Å². The molecule has 0 spiro atoms. The van der Waals surface area contributed by atoms with Crippen molar-refractivity contribution in [1.29, 1.82) is 0 Å². The molecule has 0 aliphatic rings. The van der Waals surface area contributed by atoms with Gasteiger partial charge >= 0.3 is 0 Å². The molecule has 0 amide bonds. The molecule has 1 aromatic heterocycles. The standard InChI is InChI=1S/C10H18NOSSi/c1-10(2,3)14(4,5)12-7-9-6-11-8-13-9/h6H,7H2,1-5H3. The molecule has 1 aromatic rings. The summed E-state index contributed by atoms with van der Waals surface area (Å²) in [6.45, 7) is 12.0. The summed E-state index contributed by atoms with van der Waals surface area (Å²) >= 11 is 1.54. The van der Waals surface area contributed by atoms with Gasteiger partial charge in [-0.2, -0.15) is 0 Å². The summed E-state index contributed by atoms with van der Waals surface area (Å²) in [5, 5.41) is 0.279. The van der Waals surface area contributed by atoms with Gasteiger partial charge in [-0.25, -0.2) is 4.98 Å². The van der Waals surface area contributed by atoms with Crippen LogP contribution in [0.15, 0.2) is 6.20 Å². The van der Waals surface area contributed by atoms with Crippen molar-refractivity contribution in [2.45, 2.75) is 45.5 Å². The maximum Gasteiger partial charge on any atom is 0.192 e. The van der Waals surface area contributed by atoms with E-state index in [0.717, 1.165) is 4.88 Å². The zero-order valence-electron chi connectivity index (χ0n) is 9.55. The summed E-state index contributed by atoms with van der Waals surface area (Å²) in [4.78, 5) is 5.08. The number of hydrogen-bond donors (Lipinski definition) is 0. The van der Waals surface area contributed by atoms with Gasteiger partial charge in [-0.15, -0.1) is 11.3 Å². The van der Waals surface area contributed by atoms with Crippen LogP contribution in [-0.2, 0) is 11.0 Å². The van der Waals surface area contributed by atoms with Gasteiger partial charge in [-0.1, -0.05) is 20.8 Å². The topological polar surface area (TPSA) is 22.1 Å². The van der Waals surface area contributed by atoms with E-state index in [0.29, 0.717) is 6.61 Å². The minimum Gasteiger partial charge on any atom is -0.412 e. The predicted octanol–water partition coefficient (Wildman–Crippen LogP) is 3.47. The van der Waals surface area contributed by atoms with Crippen LogP contribution in [-0.4, -0.2) is 13.3 Å². The summed E-state index contributed by atoms with van der Waals surface area (Å²) in [6.07, 6.45) is 1.83. The molecule has 4 heteroatoms. The molecule has 0 aliphatic carbocycles. The first-order valence-electron chi connectivity index (χ1n) is 4.78. The molecule has 0 N–H and O–H groups in total. The lowest BCUT2D eigenvalue weighted by atomic mass is 10.2. The van der Waals surface area contributed by atoms with Gasteiger partial charge in [0.25, 0.3) is 0 Å². The highest BCUT2D eigenvalue weighted by atomic mass is 32.1. The third-order valence-electron chi connectivity index (χ3n) is 2.82.